The van der Waals surface area contributed by atoms with E-state index in [2.05, 4.69) is 45.5 Å². The lowest BCUT2D eigenvalue weighted by Crippen LogP contribution is -2.46. The van der Waals surface area contributed by atoms with Gasteiger partial charge in [0.15, 0.2) is 17.5 Å². The second kappa shape index (κ2) is 13.4. The number of likely N-dealkylation sites (tertiary alicyclic amines) is 1. The van der Waals surface area contributed by atoms with Crippen LogP contribution in [-0.4, -0.2) is 58.9 Å². The molecular weight excluding hydrogens is 517 g/mol. The van der Waals surface area contributed by atoms with Crippen LogP contribution in [0.4, 0.5) is 0 Å². The molecule has 32 heavy (non-hydrogen) atoms. The van der Waals surface area contributed by atoms with Crippen LogP contribution in [0.5, 0.6) is 17.2 Å². The molecule has 0 bridgehead atoms. The maximum absolute atomic E-state index is 5.60. The van der Waals surface area contributed by atoms with Crippen molar-refractivity contribution in [2.24, 2.45) is 10.9 Å². The first kappa shape index (κ1) is 26.1. The van der Waals surface area contributed by atoms with E-state index in [4.69, 9.17) is 14.2 Å². The Morgan fingerprint density at radius 2 is 1.66 bits per heavy atom. The van der Waals surface area contributed by atoms with Crippen LogP contribution in [0.15, 0.2) is 47.5 Å². The molecule has 1 N–H and O–H groups in total. The zero-order chi connectivity index (χ0) is 22.1. The van der Waals surface area contributed by atoms with Gasteiger partial charge in [-0.25, -0.2) is 0 Å². The number of benzene rings is 2. The number of hydrogen-bond acceptors (Lipinski definition) is 4. The van der Waals surface area contributed by atoms with Crippen molar-refractivity contribution in [2.75, 3.05) is 48.0 Å². The molecule has 1 saturated heterocycles. The number of hydrogen-bond donors (Lipinski definition) is 1. The van der Waals surface area contributed by atoms with Crippen LogP contribution in [0.3, 0.4) is 0 Å². The molecule has 2 aromatic rings. The summed E-state index contributed by atoms with van der Waals surface area (Å²) in [6.07, 6.45) is 4.35. The van der Waals surface area contributed by atoms with E-state index in [1.165, 1.54) is 24.8 Å². The van der Waals surface area contributed by atoms with Crippen molar-refractivity contribution in [3.05, 3.63) is 53.6 Å². The highest BCUT2D eigenvalue weighted by Gasteiger charge is 2.22. The topological polar surface area (TPSA) is 55.3 Å². The van der Waals surface area contributed by atoms with Gasteiger partial charge in [-0.3, -0.25) is 4.99 Å². The first-order chi connectivity index (χ1) is 15.2. The molecule has 1 fully saturated rings. The van der Waals surface area contributed by atoms with E-state index in [0.717, 1.165) is 49.2 Å². The Labute approximate surface area is 209 Å². The van der Waals surface area contributed by atoms with Crippen molar-refractivity contribution >= 4 is 29.9 Å². The first-order valence-electron chi connectivity index (χ1n) is 11.0. The highest BCUT2D eigenvalue weighted by atomic mass is 127. The van der Waals surface area contributed by atoms with Gasteiger partial charge in [0, 0.05) is 32.2 Å². The molecule has 0 amide bonds. The van der Waals surface area contributed by atoms with E-state index in [-0.39, 0.29) is 24.0 Å². The fourth-order valence-corrected chi connectivity index (χ4v) is 4.30. The lowest BCUT2D eigenvalue weighted by molar-refractivity contribution is 0.259. The molecule has 0 aliphatic carbocycles. The first-order valence-corrected chi connectivity index (χ1v) is 11.0. The van der Waals surface area contributed by atoms with Crippen LogP contribution in [0, 0.1) is 5.92 Å². The standard InChI is InChI=1S/C25H35N3O3.HI/c1-26-25(28-16-13-20(14-17-28)18-19-8-6-5-7-9-19)27-15-12-21-10-11-22(29-2)24(31-4)23(21)30-3;/h5-11,20H,12-18H2,1-4H3,(H,26,27);1H. The third-order valence-electron chi connectivity index (χ3n) is 5.96. The van der Waals surface area contributed by atoms with Crippen LogP contribution in [0.1, 0.15) is 24.0 Å². The van der Waals surface area contributed by atoms with E-state index < -0.39 is 0 Å². The summed E-state index contributed by atoms with van der Waals surface area (Å²) in [5.74, 6) is 3.74. The van der Waals surface area contributed by atoms with Crippen molar-refractivity contribution in [3.63, 3.8) is 0 Å². The van der Waals surface area contributed by atoms with Gasteiger partial charge in [0.2, 0.25) is 5.75 Å². The zero-order valence-corrected chi connectivity index (χ0v) is 21.9. The predicted octanol–water partition coefficient (Wildman–Crippen LogP) is 4.40. The van der Waals surface area contributed by atoms with Crippen molar-refractivity contribution < 1.29 is 14.2 Å². The third kappa shape index (κ3) is 6.67. The monoisotopic (exact) mass is 553 g/mol. The van der Waals surface area contributed by atoms with Gasteiger partial charge in [-0.15, -0.1) is 24.0 Å². The quantitative estimate of drug-likeness (QED) is 0.299. The fraction of sp³-hybridized carbons (Fsp3) is 0.480. The maximum atomic E-state index is 5.60. The van der Waals surface area contributed by atoms with Crippen molar-refractivity contribution in [1.82, 2.24) is 10.2 Å². The van der Waals surface area contributed by atoms with Crippen LogP contribution in [0.25, 0.3) is 0 Å². The normalized spacial score (nSPS) is 14.5. The fourth-order valence-electron chi connectivity index (χ4n) is 4.30. The summed E-state index contributed by atoms with van der Waals surface area (Å²) in [5.41, 5.74) is 2.51. The number of nitrogens with zero attached hydrogens (tertiary/aromatic N) is 2. The molecular formula is C25H36IN3O3. The van der Waals surface area contributed by atoms with Crippen molar-refractivity contribution in [2.45, 2.75) is 25.7 Å². The zero-order valence-electron chi connectivity index (χ0n) is 19.6. The summed E-state index contributed by atoms with van der Waals surface area (Å²) in [4.78, 5) is 6.88. The SMILES string of the molecule is CN=C(NCCc1ccc(OC)c(OC)c1OC)N1CCC(Cc2ccccc2)CC1.I. The van der Waals surface area contributed by atoms with E-state index in [0.29, 0.717) is 11.5 Å². The van der Waals surface area contributed by atoms with Crippen LogP contribution in [0.2, 0.25) is 0 Å². The highest BCUT2D eigenvalue weighted by Crippen LogP contribution is 2.39. The third-order valence-corrected chi connectivity index (χ3v) is 5.96. The second-order valence-electron chi connectivity index (χ2n) is 7.84. The summed E-state index contributed by atoms with van der Waals surface area (Å²) < 4.78 is 16.5. The average molecular weight is 553 g/mol. The maximum Gasteiger partial charge on any atom is 0.203 e. The number of guanidine groups is 1. The number of methoxy groups -OCH3 is 3. The Hall–Kier alpha value is -2.16. The molecule has 0 saturated carbocycles. The Morgan fingerprint density at radius 1 is 0.969 bits per heavy atom. The van der Waals surface area contributed by atoms with Crippen LogP contribution >= 0.6 is 24.0 Å². The van der Waals surface area contributed by atoms with Gasteiger partial charge in [-0.1, -0.05) is 36.4 Å². The van der Waals surface area contributed by atoms with Gasteiger partial charge in [-0.05, 0) is 43.2 Å². The molecule has 1 heterocycles. The predicted molar refractivity (Wildman–Crippen MR) is 141 cm³/mol. The van der Waals surface area contributed by atoms with E-state index in [9.17, 15) is 0 Å². The number of piperidine rings is 1. The summed E-state index contributed by atoms with van der Waals surface area (Å²) in [6.45, 7) is 2.84. The second-order valence-corrected chi connectivity index (χ2v) is 7.84. The summed E-state index contributed by atoms with van der Waals surface area (Å²) in [6, 6.07) is 14.7. The van der Waals surface area contributed by atoms with Crippen molar-refractivity contribution in [1.29, 1.82) is 0 Å². The van der Waals surface area contributed by atoms with Gasteiger partial charge in [-0.2, -0.15) is 0 Å². The molecule has 0 radical (unpaired) electrons. The molecule has 7 heteroatoms. The Morgan fingerprint density at radius 3 is 2.25 bits per heavy atom. The van der Waals surface area contributed by atoms with E-state index >= 15 is 0 Å². The summed E-state index contributed by atoms with van der Waals surface area (Å²) in [7, 11) is 6.78. The molecule has 6 nitrogen and oxygen atoms in total. The van der Waals surface area contributed by atoms with Gasteiger partial charge in [0.1, 0.15) is 0 Å². The Balaban J connectivity index is 0.00000363. The van der Waals surface area contributed by atoms with Gasteiger partial charge < -0.3 is 24.4 Å². The van der Waals surface area contributed by atoms with E-state index in [1.807, 2.05) is 19.2 Å². The molecule has 176 valence electrons. The molecule has 3 rings (SSSR count). The molecule has 0 aromatic heterocycles. The number of aliphatic imine (C=N–C) groups is 1. The van der Waals surface area contributed by atoms with Crippen LogP contribution < -0.4 is 19.5 Å². The molecule has 1 aliphatic rings. The number of rotatable bonds is 8. The minimum atomic E-state index is 0. The molecule has 1 aliphatic heterocycles. The number of nitrogens with one attached hydrogen (secondary N) is 1. The molecule has 0 unspecified atom stereocenters. The highest BCUT2D eigenvalue weighted by molar-refractivity contribution is 14.0. The van der Waals surface area contributed by atoms with Crippen molar-refractivity contribution in [3.8, 4) is 17.2 Å². The summed E-state index contributed by atoms with van der Waals surface area (Å²) in [5, 5.41) is 3.52. The number of ether oxygens (including phenoxy) is 3. The van der Waals surface area contributed by atoms with Gasteiger partial charge in [0.05, 0.1) is 21.3 Å². The van der Waals surface area contributed by atoms with Gasteiger partial charge >= 0.3 is 0 Å². The minimum Gasteiger partial charge on any atom is -0.493 e. The lowest BCUT2D eigenvalue weighted by Gasteiger charge is -2.34. The average Bonchev–Trinajstić information content (AvgIpc) is 2.82. The van der Waals surface area contributed by atoms with Gasteiger partial charge in [0.25, 0.3) is 0 Å². The lowest BCUT2D eigenvalue weighted by atomic mass is 9.90. The summed E-state index contributed by atoms with van der Waals surface area (Å²) >= 11 is 0. The molecule has 0 atom stereocenters. The number of halogens is 1. The molecule has 0 spiro atoms. The Bertz CT molecular complexity index is 853. The smallest absolute Gasteiger partial charge is 0.203 e. The molecule has 2 aromatic carbocycles. The minimum absolute atomic E-state index is 0. The largest absolute Gasteiger partial charge is 0.493 e. The Kier molecular flexibility index (Phi) is 10.9. The van der Waals surface area contributed by atoms with E-state index in [1.54, 1.807) is 21.3 Å². The van der Waals surface area contributed by atoms with Crippen LogP contribution in [-0.2, 0) is 12.8 Å².